The van der Waals surface area contributed by atoms with E-state index >= 15 is 0 Å². The Labute approximate surface area is 97.1 Å². The summed E-state index contributed by atoms with van der Waals surface area (Å²) in [6.07, 6.45) is 3.10. The van der Waals surface area contributed by atoms with E-state index in [-0.39, 0.29) is 11.4 Å². The molecule has 0 radical (unpaired) electrons. The molecule has 0 bridgehead atoms. The number of hydrogen-bond donors (Lipinski definition) is 0. The Kier molecular flexibility index (Phi) is 3.09. The Morgan fingerprint density at radius 3 is 2.76 bits per heavy atom. The molecule has 86 valence electrons. The predicted octanol–water partition coefficient (Wildman–Crippen LogP) is 2.53. The smallest absolute Gasteiger partial charge is 0.168 e. The molecular weight excluding hydrogens is 223 g/mol. The zero-order valence-electron chi connectivity index (χ0n) is 9.05. The number of hydrogen-bond acceptors (Lipinski definition) is 4. The van der Waals surface area contributed by atoms with Crippen molar-refractivity contribution in [2.24, 2.45) is 0 Å². The van der Waals surface area contributed by atoms with E-state index in [0.29, 0.717) is 17.7 Å². The van der Waals surface area contributed by atoms with E-state index in [2.05, 4.69) is 9.97 Å². The zero-order chi connectivity index (χ0) is 12.3. The highest BCUT2D eigenvalue weighted by molar-refractivity contribution is 5.72. The number of aryl methyl sites for hydroxylation is 1. The van der Waals surface area contributed by atoms with E-state index in [1.54, 1.807) is 13.0 Å². The Morgan fingerprint density at radius 2 is 2.06 bits per heavy atom. The van der Waals surface area contributed by atoms with Gasteiger partial charge < -0.3 is 4.74 Å². The molecule has 0 fully saturated rings. The second-order valence-electron chi connectivity index (χ2n) is 3.43. The number of halogens is 1. The first kappa shape index (κ1) is 11.2. The molecule has 0 unspecified atom stereocenters. The van der Waals surface area contributed by atoms with E-state index in [4.69, 9.17) is 4.74 Å². The molecule has 0 saturated heterocycles. The van der Waals surface area contributed by atoms with Gasteiger partial charge in [-0.15, -0.1) is 0 Å². The van der Waals surface area contributed by atoms with Gasteiger partial charge in [-0.25, -0.2) is 4.39 Å². The summed E-state index contributed by atoms with van der Waals surface area (Å²) in [4.78, 5) is 18.3. The van der Waals surface area contributed by atoms with Gasteiger partial charge in [-0.05, 0) is 6.92 Å². The lowest BCUT2D eigenvalue weighted by Gasteiger charge is -2.06. The van der Waals surface area contributed by atoms with E-state index in [1.165, 1.54) is 18.3 Å². The van der Waals surface area contributed by atoms with Gasteiger partial charge in [0.2, 0.25) is 0 Å². The van der Waals surface area contributed by atoms with Gasteiger partial charge in [0, 0.05) is 23.9 Å². The predicted molar refractivity (Wildman–Crippen MR) is 58.6 cm³/mol. The van der Waals surface area contributed by atoms with Crippen LogP contribution in [0.1, 0.15) is 16.2 Å². The molecule has 2 aromatic rings. The minimum atomic E-state index is -0.483. The Balaban J connectivity index is 2.29. The second-order valence-corrected chi connectivity index (χ2v) is 3.43. The Morgan fingerprint density at radius 1 is 1.24 bits per heavy atom. The van der Waals surface area contributed by atoms with Gasteiger partial charge in [-0.1, -0.05) is 0 Å². The summed E-state index contributed by atoms with van der Waals surface area (Å²) in [5.74, 6) is 0.211. The molecule has 0 saturated carbocycles. The number of aldehydes is 1. The minimum Gasteiger partial charge on any atom is -0.455 e. The summed E-state index contributed by atoms with van der Waals surface area (Å²) >= 11 is 0. The van der Waals surface area contributed by atoms with Crippen LogP contribution in [-0.2, 0) is 0 Å². The van der Waals surface area contributed by atoms with Crippen LogP contribution in [0.2, 0.25) is 0 Å². The van der Waals surface area contributed by atoms with E-state index in [0.717, 1.165) is 6.20 Å². The summed E-state index contributed by atoms with van der Waals surface area (Å²) in [6, 6.07) is 4.34. The fourth-order valence-corrected chi connectivity index (χ4v) is 1.37. The lowest BCUT2D eigenvalue weighted by atomic mass is 10.3. The number of ether oxygens (including phenoxy) is 1. The average molecular weight is 232 g/mol. The van der Waals surface area contributed by atoms with Crippen LogP contribution in [0.4, 0.5) is 4.39 Å². The molecule has 2 heterocycles. The van der Waals surface area contributed by atoms with Gasteiger partial charge in [-0.3, -0.25) is 14.8 Å². The van der Waals surface area contributed by atoms with Crippen molar-refractivity contribution in [3.05, 3.63) is 47.8 Å². The van der Waals surface area contributed by atoms with Crippen LogP contribution < -0.4 is 4.74 Å². The van der Waals surface area contributed by atoms with Crippen molar-refractivity contribution in [3.8, 4) is 11.5 Å². The van der Waals surface area contributed by atoms with Crippen LogP contribution in [0.3, 0.4) is 0 Å². The molecule has 0 N–H and O–H groups in total. The average Bonchev–Trinajstić information content (AvgIpc) is 2.28. The quantitative estimate of drug-likeness (QED) is 0.763. The molecule has 0 aliphatic carbocycles. The number of pyridine rings is 2. The Bertz CT molecular complexity index is 558. The van der Waals surface area contributed by atoms with Gasteiger partial charge >= 0.3 is 0 Å². The van der Waals surface area contributed by atoms with Crippen LogP contribution in [-0.4, -0.2) is 16.3 Å². The first-order valence-electron chi connectivity index (χ1n) is 4.89. The molecule has 0 aromatic carbocycles. The van der Waals surface area contributed by atoms with Gasteiger partial charge in [-0.2, -0.15) is 0 Å². The van der Waals surface area contributed by atoms with Gasteiger partial charge in [0.25, 0.3) is 0 Å². The molecule has 2 aromatic heterocycles. The van der Waals surface area contributed by atoms with E-state index in [9.17, 15) is 9.18 Å². The molecule has 0 atom stereocenters. The monoisotopic (exact) mass is 232 g/mol. The van der Waals surface area contributed by atoms with Crippen molar-refractivity contribution in [2.75, 3.05) is 0 Å². The largest absolute Gasteiger partial charge is 0.455 e. The molecule has 0 spiro atoms. The third kappa shape index (κ3) is 2.84. The lowest BCUT2D eigenvalue weighted by molar-refractivity contribution is 0.111. The second kappa shape index (κ2) is 4.69. The normalized spacial score (nSPS) is 10.0. The van der Waals surface area contributed by atoms with Crippen molar-refractivity contribution >= 4 is 6.29 Å². The molecule has 0 amide bonds. The number of carbonyl (C=O) groups excluding carboxylic acids is 1. The highest BCUT2D eigenvalue weighted by atomic mass is 19.1. The van der Waals surface area contributed by atoms with Crippen LogP contribution >= 0.6 is 0 Å². The maximum atomic E-state index is 12.9. The standard InChI is InChI=1S/C12H9FN2O2/c1-8-2-11(4-10(7-16)15-8)17-12-3-9(13)5-14-6-12/h2-7H,1H3. The van der Waals surface area contributed by atoms with Crippen LogP contribution in [0.15, 0.2) is 30.6 Å². The SMILES string of the molecule is Cc1cc(Oc2cncc(F)c2)cc(C=O)n1. The number of carbonyl (C=O) groups is 1. The van der Waals surface area contributed by atoms with Crippen molar-refractivity contribution in [3.63, 3.8) is 0 Å². The molecule has 4 nitrogen and oxygen atoms in total. The Hall–Kier alpha value is -2.30. The van der Waals surface area contributed by atoms with E-state index < -0.39 is 5.82 Å². The van der Waals surface area contributed by atoms with E-state index in [1.807, 2.05) is 0 Å². The van der Waals surface area contributed by atoms with Gasteiger partial charge in [0.1, 0.15) is 23.0 Å². The summed E-state index contributed by atoms with van der Waals surface area (Å²) in [5.41, 5.74) is 0.915. The van der Waals surface area contributed by atoms with Crippen LogP contribution in [0.5, 0.6) is 11.5 Å². The first-order chi connectivity index (χ1) is 8.17. The summed E-state index contributed by atoms with van der Waals surface area (Å²) in [6.45, 7) is 1.74. The minimum absolute atomic E-state index is 0.268. The third-order valence-electron chi connectivity index (χ3n) is 1.98. The first-order valence-corrected chi connectivity index (χ1v) is 4.89. The highest BCUT2D eigenvalue weighted by Gasteiger charge is 2.03. The maximum absolute atomic E-state index is 12.9. The van der Waals surface area contributed by atoms with Gasteiger partial charge in [0.15, 0.2) is 6.29 Å². The van der Waals surface area contributed by atoms with Crippen molar-refractivity contribution in [1.82, 2.24) is 9.97 Å². The molecular formula is C12H9FN2O2. The summed E-state index contributed by atoms with van der Waals surface area (Å²) in [5, 5.41) is 0. The van der Waals surface area contributed by atoms with Crippen molar-refractivity contribution in [1.29, 1.82) is 0 Å². The summed E-state index contributed by atoms with van der Waals surface area (Å²) in [7, 11) is 0. The fraction of sp³-hybridized carbons (Fsp3) is 0.0833. The van der Waals surface area contributed by atoms with Crippen molar-refractivity contribution in [2.45, 2.75) is 6.92 Å². The number of rotatable bonds is 3. The summed E-state index contributed by atoms with van der Waals surface area (Å²) < 4.78 is 18.3. The lowest BCUT2D eigenvalue weighted by Crippen LogP contribution is -1.93. The van der Waals surface area contributed by atoms with Crippen LogP contribution in [0.25, 0.3) is 0 Å². The molecule has 5 heteroatoms. The maximum Gasteiger partial charge on any atom is 0.168 e. The topological polar surface area (TPSA) is 52.1 Å². The zero-order valence-corrected chi connectivity index (χ0v) is 9.05. The molecule has 2 rings (SSSR count). The highest BCUT2D eigenvalue weighted by Crippen LogP contribution is 2.21. The van der Waals surface area contributed by atoms with Crippen molar-refractivity contribution < 1.29 is 13.9 Å². The number of aromatic nitrogens is 2. The van der Waals surface area contributed by atoms with Crippen LogP contribution in [0, 0.1) is 12.7 Å². The molecule has 17 heavy (non-hydrogen) atoms. The molecule has 0 aliphatic rings. The number of nitrogens with zero attached hydrogens (tertiary/aromatic N) is 2. The fourth-order valence-electron chi connectivity index (χ4n) is 1.37. The third-order valence-corrected chi connectivity index (χ3v) is 1.98. The molecule has 0 aliphatic heterocycles. The van der Waals surface area contributed by atoms with Gasteiger partial charge in [0.05, 0.1) is 12.4 Å².